The van der Waals surface area contributed by atoms with E-state index < -0.39 is 35.7 Å². The molecule has 2 atom stereocenters. The van der Waals surface area contributed by atoms with E-state index in [1.165, 1.54) is 6.07 Å². The number of nitrogens with two attached hydrogens (primary N) is 2. The Morgan fingerprint density at radius 3 is 2.27 bits per heavy atom. The maximum Gasteiger partial charge on any atom is 0.416 e. The first-order valence-electron chi connectivity index (χ1n) is 10.9. The van der Waals surface area contributed by atoms with Crippen molar-refractivity contribution in [3.05, 3.63) is 94.3 Å². The Balaban J connectivity index is 1.81. The van der Waals surface area contributed by atoms with Crippen LogP contribution in [0.3, 0.4) is 0 Å². The van der Waals surface area contributed by atoms with Gasteiger partial charge in [-0.15, -0.1) is 0 Å². The van der Waals surface area contributed by atoms with Crippen LogP contribution in [0, 0.1) is 5.82 Å². The molecule has 0 spiro atoms. The largest absolute Gasteiger partial charge is 0.497 e. The van der Waals surface area contributed by atoms with Crippen molar-refractivity contribution >= 4 is 29.2 Å². The lowest BCUT2D eigenvalue weighted by molar-refractivity contribution is -0.137. The molecule has 12 heteroatoms. The number of anilines is 1. The lowest BCUT2D eigenvalue weighted by Crippen LogP contribution is -2.46. The normalized spacial score (nSPS) is 13.6. The minimum absolute atomic E-state index is 0.0849. The molecule has 6 N–H and O–H groups in total. The van der Waals surface area contributed by atoms with Crippen LogP contribution in [0.1, 0.15) is 33.9 Å². The zero-order valence-corrected chi connectivity index (χ0v) is 20.3. The van der Waals surface area contributed by atoms with Gasteiger partial charge in [-0.25, -0.2) is 4.39 Å². The van der Waals surface area contributed by atoms with Gasteiger partial charge in [0, 0.05) is 22.3 Å². The number of carbonyl (C=O) groups excluding carboxylic acids is 1. The van der Waals surface area contributed by atoms with E-state index in [4.69, 9.17) is 27.8 Å². The number of amides is 1. The SMILES string of the molecule is COc1ccc(C(N)CC(N)N/C(=N\C(=O)c2ccc(C(F)(F)F)cc2)Nc2cc(F)cc(Cl)c2)cc1. The molecule has 7 nitrogen and oxygen atoms in total. The third-order valence-electron chi connectivity index (χ3n) is 5.17. The van der Waals surface area contributed by atoms with Gasteiger partial charge in [0.25, 0.3) is 5.91 Å². The van der Waals surface area contributed by atoms with E-state index in [9.17, 15) is 22.4 Å². The maximum absolute atomic E-state index is 13.8. The molecule has 3 aromatic carbocycles. The summed E-state index contributed by atoms with van der Waals surface area (Å²) in [7, 11) is 1.54. The van der Waals surface area contributed by atoms with Crippen LogP contribution < -0.4 is 26.8 Å². The molecular formula is C25H24ClF4N5O2. The Morgan fingerprint density at radius 2 is 1.70 bits per heavy atom. The van der Waals surface area contributed by atoms with Gasteiger partial charge in [0.05, 0.1) is 18.8 Å². The van der Waals surface area contributed by atoms with Crippen molar-refractivity contribution in [1.82, 2.24) is 5.32 Å². The Hall–Kier alpha value is -3.67. The highest BCUT2D eigenvalue weighted by atomic mass is 35.5. The highest BCUT2D eigenvalue weighted by Gasteiger charge is 2.30. The summed E-state index contributed by atoms with van der Waals surface area (Å²) < 4.78 is 57.5. The van der Waals surface area contributed by atoms with Gasteiger partial charge in [-0.2, -0.15) is 18.2 Å². The Morgan fingerprint density at radius 1 is 1.05 bits per heavy atom. The predicted molar refractivity (Wildman–Crippen MR) is 134 cm³/mol. The van der Waals surface area contributed by atoms with Gasteiger partial charge in [-0.05, 0) is 66.6 Å². The summed E-state index contributed by atoms with van der Waals surface area (Å²) in [6.45, 7) is 0. The number of aliphatic imine (C=N–C) groups is 1. The van der Waals surface area contributed by atoms with Crippen molar-refractivity contribution in [2.45, 2.75) is 24.8 Å². The van der Waals surface area contributed by atoms with Crippen LogP contribution in [0.15, 0.2) is 71.7 Å². The molecule has 3 rings (SSSR count). The van der Waals surface area contributed by atoms with Crippen LogP contribution in [0.2, 0.25) is 5.02 Å². The highest BCUT2D eigenvalue weighted by Crippen LogP contribution is 2.29. The first kappa shape index (κ1) is 27.9. The molecule has 3 aromatic rings. The second-order valence-corrected chi connectivity index (χ2v) is 8.43. The standard InChI is InChI=1S/C25H24ClF4N5O2/c1-37-20-8-4-14(5-9-20)21(31)13-22(32)34-24(33-19-11-17(26)10-18(27)12-19)35-23(36)15-2-6-16(7-3-15)25(28,29)30/h2-12,21-22H,13,31-32H2,1H3,(H2,33,34,35,36). The van der Waals surface area contributed by atoms with Gasteiger partial charge >= 0.3 is 6.18 Å². The van der Waals surface area contributed by atoms with E-state index in [2.05, 4.69) is 15.6 Å². The van der Waals surface area contributed by atoms with Crippen LogP contribution in [-0.2, 0) is 6.18 Å². The van der Waals surface area contributed by atoms with E-state index in [1.54, 1.807) is 31.4 Å². The summed E-state index contributed by atoms with van der Waals surface area (Å²) >= 11 is 5.90. The van der Waals surface area contributed by atoms with Gasteiger partial charge in [-0.1, -0.05) is 23.7 Å². The molecule has 2 unspecified atom stereocenters. The molecule has 0 fully saturated rings. The second kappa shape index (κ2) is 12.0. The summed E-state index contributed by atoms with van der Waals surface area (Å²) in [5.41, 5.74) is 12.4. The molecule has 0 radical (unpaired) electrons. The van der Waals surface area contributed by atoms with E-state index in [1.807, 2.05) is 0 Å². The summed E-state index contributed by atoms with van der Waals surface area (Å²) in [6.07, 6.45) is -5.18. The monoisotopic (exact) mass is 537 g/mol. The molecule has 0 heterocycles. The Bertz CT molecular complexity index is 1230. The number of methoxy groups -OCH3 is 1. The number of ether oxygens (including phenoxy) is 1. The van der Waals surface area contributed by atoms with Gasteiger partial charge in [0.1, 0.15) is 11.6 Å². The van der Waals surface area contributed by atoms with Gasteiger partial charge < -0.3 is 26.8 Å². The zero-order chi connectivity index (χ0) is 27.2. The average molecular weight is 538 g/mol. The minimum atomic E-state index is -4.55. The second-order valence-electron chi connectivity index (χ2n) is 7.99. The Labute approximate surface area is 215 Å². The molecule has 0 bridgehead atoms. The lowest BCUT2D eigenvalue weighted by atomic mass is 10.0. The van der Waals surface area contributed by atoms with Crippen molar-refractivity contribution in [2.24, 2.45) is 16.5 Å². The summed E-state index contributed by atoms with van der Waals surface area (Å²) in [6, 6.07) is 13.7. The summed E-state index contributed by atoms with van der Waals surface area (Å²) in [4.78, 5) is 16.6. The molecule has 0 aliphatic carbocycles. The van der Waals surface area contributed by atoms with Crippen LogP contribution in [0.5, 0.6) is 5.75 Å². The fourth-order valence-corrected chi connectivity index (χ4v) is 3.54. The van der Waals surface area contributed by atoms with E-state index in [0.29, 0.717) is 5.75 Å². The van der Waals surface area contributed by atoms with Crippen molar-refractivity contribution in [2.75, 3.05) is 12.4 Å². The first-order chi connectivity index (χ1) is 17.4. The van der Waals surface area contributed by atoms with Crippen molar-refractivity contribution in [3.63, 3.8) is 0 Å². The smallest absolute Gasteiger partial charge is 0.416 e. The number of guanidine groups is 1. The number of carbonyl (C=O) groups is 1. The van der Waals surface area contributed by atoms with Crippen molar-refractivity contribution in [3.8, 4) is 5.75 Å². The number of alkyl halides is 3. The molecule has 0 aromatic heterocycles. The minimum Gasteiger partial charge on any atom is -0.497 e. The van der Waals surface area contributed by atoms with Crippen LogP contribution in [0.25, 0.3) is 0 Å². The highest BCUT2D eigenvalue weighted by molar-refractivity contribution is 6.31. The van der Waals surface area contributed by atoms with Crippen LogP contribution in [0.4, 0.5) is 23.2 Å². The molecule has 0 saturated carbocycles. The number of benzene rings is 3. The van der Waals surface area contributed by atoms with Crippen molar-refractivity contribution in [1.29, 1.82) is 0 Å². The molecule has 0 saturated heterocycles. The lowest BCUT2D eigenvalue weighted by Gasteiger charge is -2.21. The maximum atomic E-state index is 13.8. The summed E-state index contributed by atoms with van der Waals surface area (Å²) in [5, 5.41) is 5.63. The number of rotatable bonds is 7. The third-order valence-corrected chi connectivity index (χ3v) is 5.39. The Kier molecular flexibility index (Phi) is 9.09. The number of nitrogens with one attached hydrogen (secondary N) is 2. The summed E-state index contributed by atoms with van der Waals surface area (Å²) in [5.74, 6) is -1.03. The van der Waals surface area contributed by atoms with Gasteiger partial charge in [0.15, 0.2) is 0 Å². The zero-order valence-electron chi connectivity index (χ0n) is 19.5. The fourth-order valence-electron chi connectivity index (χ4n) is 3.32. The quantitative estimate of drug-likeness (QED) is 0.145. The van der Waals surface area contributed by atoms with E-state index >= 15 is 0 Å². The molecular weight excluding hydrogens is 514 g/mol. The van der Waals surface area contributed by atoms with E-state index in [-0.39, 0.29) is 28.7 Å². The number of nitrogens with zero attached hydrogens (tertiary/aromatic N) is 1. The number of hydrogen-bond acceptors (Lipinski definition) is 4. The molecule has 0 aliphatic rings. The third kappa shape index (κ3) is 8.17. The molecule has 196 valence electrons. The molecule has 37 heavy (non-hydrogen) atoms. The molecule has 0 aliphatic heterocycles. The van der Waals surface area contributed by atoms with Crippen molar-refractivity contribution < 1.29 is 27.1 Å². The topological polar surface area (TPSA) is 115 Å². The number of halogens is 5. The van der Waals surface area contributed by atoms with Crippen LogP contribution >= 0.6 is 11.6 Å². The van der Waals surface area contributed by atoms with E-state index in [0.717, 1.165) is 42.0 Å². The predicted octanol–water partition coefficient (Wildman–Crippen LogP) is 5.08. The average Bonchev–Trinajstić information content (AvgIpc) is 2.82. The first-order valence-corrected chi connectivity index (χ1v) is 11.3. The van der Waals surface area contributed by atoms with Gasteiger partial charge in [-0.3, -0.25) is 4.79 Å². The molecule has 1 amide bonds. The number of hydrogen-bond donors (Lipinski definition) is 4. The fraction of sp³-hybridized carbons (Fsp3) is 0.200. The van der Waals surface area contributed by atoms with Crippen LogP contribution in [-0.4, -0.2) is 25.1 Å². The van der Waals surface area contributed by atoms with Gasteiger partial charge in [0.2, 0.25) is 5.96 Å².